The van der Waals surface area contributed by atoms with Gasteiger partial charge in [-0.25, -0.2) is 13.6 Å². The summed E-state index contributed by atoms with van der Waals surface area (Å²) in [5, 5.41) is 11.0. The highest BCUT2D eigenvalue weighted by Gasteiger charge is 2.05. The van der Waals surface area contributed by atoms with E-state index in [1.165, 1.54) is 12.1 Å². The Hall–Kier alpha value is -1.70. The van der Waals surface area contributed by atoms with Gasteiger partial charge in [0, 0.05) is 4.88 Å². The molecule has 0 atom stereocenters. The number of hydrazone groups is 1. The van der Waals surface area contributed by atoms with Crippen molar-refractivity contribution in [2.45, 2.75) is 4.90 Å². The third kappa shape index (κ3) is 3.39. The van der Waals surface area contributed by atoms with E-state index in [1.54, 1.807) is 29.7 Å². The first-order valence-electron chi connectivity index (χ1n) is 5.01. The number of nitrogens with one attached hydrogen (secondary N) is 1. The van der Waals surface area contributed by atoms with Crippen LogP contribution in [0.25, 0.3) is 0 Å². The van der Waals surface area contributed by atoms with Crippen molar-refractivity contribution in [2.24, 2.45) is 10.2 Å². The first-order chi connectivity index (χ1) is 8.55. The Morgan fingerprint density at radius 3 is 2.50 bits per heavy atom. The number of hydrogen-bond acceptors (Lipinski definition) is 5. The lowest BCUT2D eigenvalue weighted by Crippen LogP contribution is -2.11. The Labute approximate surface area is 109 Å². The van der Waals surface area contributed by atoms with Crippen LogP contribution >= 0.6 is 11.3 Å². The summed E-state index contributed by atoms with van der Waals surface area (Å²) in [6.45, 7) is 0. The van der Waals surface area contributed by atoms with Crippen LogP contribution in [0.3, 0.4) is 0 Å². The van der Waals surface area contributed by atoms with Gasteiger partial charge in [0.15, 0.2) is 0 Å². The van der Waals surface area contributed by atoms with Gasteiger partial charge in [0.25, 0.3) is 0 Å². The SMILES string of the molecule is NS(=O)(=O)c1ccc(N/N=C/c2cccs2)cc1. The minimum Gasteiger partial charge on any atom is -0.278 e. The number of hydrogen-bond donors (Lipinski definition) is 2. The maximum atomic E-state index is 11.0. The molecule has 0 fully saturated rings. The molecule has 2 aromatic rings. The van der Waals surface area contributed by atoms with Crippen LogP contribution in [-0.4, -0.2) is 14.6 Å². The monoisotopic (exact) mass is 281 g/mol. The zero-order valence-corrected chi connectivity index (χ0v) is 10.9. The number of primary sulfonamides is 1. The molecular weight excluding hydrogens is 270 g/mol. The molecule has 0 unspecified atom stereocenters. The van der Waals surface area contributed by atoms with E-state index in [0.29, 0.717) is 5.69 Å². The van der Waals surface area contributed by atoms with Gasteiger partial charge in [0.1, 0.15) is 0 Å². The van der Waals surface area contributed by atoms with Crippen molar-refractivity contribution in [3.63, 3.8) is 0 Å². The number of anilines is 1. The highest BCUT2D eigenvalue weighted by atomic mass is 32.2. The molecular formula is C11H11N3O2S2. The second-order valence-electron chi connectivity index (χ2n) is 3.45. The van der Waals surface area contributed by atoms with E-state index >= 15 is 0 Å². The average Bonchev–Trinajstić information content (AvgIpc) is 2.82. The number of benzene rings is 1. The maximum Gasteiger partial charge on any atom is 0.238 e. The van der Waals surface area contributed by atoms with Gasteiger partial charge in [0.05, 0.1) is 16.8 Å². The normalized spacial score (nSPS) is 11.8. The molecule has 94 valence electrons. The topological polar surface area (TPSA) is 84.5 Å². The Morgan fingerprint density at radius 2 is 1.94 bits per heavy atom. The lowest BCUT2D eigenvalue weighted by atomic mass is 10.3. The Bertz CT molecular complexity index is 631. The van der Waals surface area contributed by atoms with E-state index in [0.717, 1.165) is 4.88 Å². The average molecular weight is 281 g/mol. The number of nitrogens with two attached hydrogens (primary N) is 1. The molecule has 0 amide bonds. The molecule has 1 heterocycles. The zero-order chi connectivity index (χ0) is 13.0. The molecule has 0 spiro atoms. The van der Waals surface area contributed by atoms with Gasteiger partial charge < -0.3 is 0 Å². The van der Waals surface area contributed by atoms with E-state index in [-0.39, 0.29) is 4.90 Å². The number of nitrogens with zero attached hydrogens (tertiary/aromatic N) is 1. The minimum atomic E-state index is -3.64. The van der Waals surface area contributed by atoms with Gasteiger partial charge >= 0.3 is 0 Å². The van der Waals surface area contributed by atoms with Gasteiger partial charge in [-0.2, -0.15) is 5.10 Å². The zero-order valence-electron chi connectivity index (χ0n) is 9.28. The lowest BCUT2D eigenvalue weighted by molar-refractivity contribution is 0.598. The molecule has 0 aliphatic carbocycles. The van der Waals surface area contributed by atoms with Gasteiger partial charge in [-0.1, -0.05) is 6.07 Å². The Morgan fingerprint density at radius 1 is 1.22 bits per heavy atom. The van der Waals surface area contributed by atoms with Gasteiger partial charge in [-0.05, 0) is 35.7 Å². The molecule has 7 heteroatoms. The smallest absolute Gasteiger partial charge is 0.238 e. The van der Waals surface area contributed by atoms with Crippen molar-refractivity contribution in [3.05, 3.63) is 46.7 Å². The van der Waals surface area contributed by atoms with E-state index in [9.17, 15) is 8.42 Å². The van der Waals surface area contributed by atoms with Crippen molar-refractivity contribution in [2.75, 3.05) is 5.43 Å². The molecule has 0 radical (unpaired) electrons. The number of sulfonamides is 1. The molecule has 0 aliphatic heterocycles. The van der Waals surface area contributed by atoms with E-state index in [2.05, 4.69) is 10.5 Å². The summed E-state index contributed by atoms with van der Waals surface area (Å²) in [4.78, 5) is 1.11. The van der Waals surface area contributed by atoms with Crippen LogP contribution in [0.5, 0.6) is 0 Å². The third-order valence-electron chi connectivity index (χ3n) is 2.11. The van der Waals surface area contributed by atoms with Crippen molar-refractivity contribution >= 4 is 33.3 Å². The molecule has 5 nitrogen and oxygen atoms in total. The maximum absolute atomic E-state index is 11.0. The summed E-state index contributed by atoms with van der Waals surface area (Å²) in [5.41, 5.74) is 3.49. The van der Waals surface area contributed by atoms with E-state index < -0.39 is 10.0 Å². The molecule has 0 bridgehead atoms. The summed E-state index contributed by atoms with van der Waals surface area (Å²) in [7, 11) is -3.64. The molecule has 3 N–H and O–H groups in total. The predicted molar refractivity (Wildman–Crippen MR) is 73.4 cm³/mol. The quantitative estimate of drug-likeness (QED) is 0.662. The van der Waals surface area contributed by atoms with Gasteiger partial charge in [-0.15, -0.1) is 11.3 Å². The van der Waals surface area contributed by atoms with Crippen LogP contribution in [0.15, 0.2) is 51.8 Å². The number of thiophene rings is 1. The highest BCUT2D eigenvalue weighted by Crippen LogP contribution is 2.12. The second-order valence-corrected chi connectivity index (χ2v) is 6.00. The lowest BCUT2D eigenvalue weighted by Gasteiger charge is -2.01. The van der Waals surface area contributed by atoms with Crippen LogP contribution in [0.4, 0.5) is 5.69 Å². The molecule has 2 rings (SSSR count). The van der Waals surface area contributed by atoms with Crippen molar-refractivity contribution in [1.29, 1.82) is 0 Å². The fraction of sp³-hybridized carbons (Fsp3) is 0. The first kappa shape index (κ1) is 12.7. The van der Waals surface area contributed by atoms with Crippen LogP contribution in [-0.2, 0) is 10.0 Å². The molecule has 0 saturated carbocycles. The largest absolute Gasteiger partial charge is 0.278 e. The summed E-state index contributed by atoms with van der Waals surface area (Å²) in [6.07, 6.45) is 1.69. The molecule has 0 aliphatic rings. The molecule has 0 saturated heterocycles. The third-order valence-corrected chi connectivity index (χ3v) is 3.85. The summed E-state index contributed by atoms with van der Waals surface area (Å²) in [6, 6.07) is 9.94. The van der Waals surface area contributed by atoms with Gasteiger partial charge in [0.2, 0.25) is 10.0 Å². The fourth-order valence-electron chi connectivity index (χ4n) is 1.25. The molecule has 1 aromatic carbocycles. The van der Waals surface area contributed by atoms with E-state index in [1.807, 2.05) is 17.5 Å². The first-order valence-corrected chi connectivity index (χ1v) is 7.44. The molecule has 18 heavy (non-hydrogen) atoms. The van der Waals surface area contributed by atoms with Crippen LogP contribution < -0.4 is 10.6 Å². The summed E-state index contributed by atoms with van der Waals surface area (Å²) >= 11 is 1.58. The fourth-order valence-corrected chi connectivity index (χ4v) is 2.35. The van der Waals surface area contributed by atoms with Crippen molar-refractivity contribution in [1.82, 2.24) is 0 Å². The van der Waals surface area contributed by atoms with E-state index in [4.69, 9.17) is 5.14 Å². The molecule has 1 aromatic heterocycles. The number of rotatable bonds is 4. The Kier molecular flexibility index (Phi) is 3.75. The summed E-state index contributed by atoms with van der Waals surface area (Å²) in [5.74, 6) is 0. The van der Waals surface area contributed by atoms with Crippen LogP contribution in [0.1, 0.15) is 4.88 Å². The Balaban J connectivity index is 2.03. The van der Waals surface area contributed by atoms with Crippen LogP contribution in [0, 0.1) is 0 Å². The minimum absolute atomic E-state index is 0.0790. The second kappa shape index (κ2) is 5.30. The van der Waals surface area contributed by atoms with Gasteiger partial charge in [-0.3, -0.25) is 5.43 Å². The standard InChI is InChI=1S/C11H11N3O2S2/c12-18(15,16)11-5-3-9(4-6-11)14-13-8-10-2-1-7-17-10/h1-8,14H,(H2,12,15,16)/b13-8+. The predicted octanol–water partition coefficient (Wildman–Crippen LogP) is 1.84. The summed E-state index contributed by atoms with van der Waals surface area (Å²) < 4.78 is 22.1. The highest BCUT2D eigenvalue weighted by molar-refractivity contribution is 7.89. The van der Waals surface area contributed by atoms with Crippen molar-refractivity contribution in [3.8, 4) is 0 Å². The van der Waals surface area contributed by atoms with Crippen LogP contribution in [0.2, 0.25) is 0 Å². The van der Waals surface area contributed by atoms with Crippen molar-refractivity contribution < 1.29 is 8.42 Å².